The summed E-state index contributed by atoms with van der Waals surface area (Å²) in [5.74, 6) is 0. The predicted molar refractivity (Wildman–Crippen MR) is 82.2 cm³/mol. The van der Waals surface area contributed by atoms with Gasteiger partial charge >= 0.3 is 0 Å². The summed E-state index contributed by atoms with van der Waals surface area (Å²) in [6.07, 6.45) is 6.09. The Balaban J connectivity index is 2.10. The van der Waals surface area contributed by atoms with Crippen LogP contribution in [0.25, 0.3) is 0 Å². The Morgan fingerprint density at radius 3 is 2.90 bits per heavy atom. The Morgan fingerprint density at radius 1 is 1.40 bits per heavy atom. The fourth-order valence-corrected chi connectivity index (χ4v) is 4.74. The van der Waals surface area contributed by atoms with Crippen LogP contribution in [0.1, 0.15) is 31.2 Å². The van der Waals surface area contributed by atoms with Crippen LogP contribution in [-0.4, -0.2) is 31.1 Å². The summed E-state index contributed by atoms with van der Waals surface area (Å²) in [5.41, 5.74) is 0.610. The Hall–Kier alpha value is -0.560. The molecule has 1 aliphatic rings. The first-order valence-electron chi connectivity index (χ1n) is 6.80. The number of benzene rings is 1. The second-order valence-corrected chi connectivity index (χ2v) is 8.00. The summed E-state index contributed by atoms with van der Waals surface area (Å²) < 4.78 is 27.5. The van der Waals surface area contributed by atoms with E-state index in [-0.39, 0.29) is 17.5 Å². The van der Waals surface area contributed by atoms with E-state index in [4.69, 9.17) is 5.11 Å². The Bertz CT molecular complexity index is 545. The average Bonchev–Trinajstić information content (AvgIpc) is 2.47. The van der Waals surface area contributed by atoms with E-state index in [9.17, 15) is 8.42 Å². The van der Waals surface area contributed by atoms with Crippen molar-refractivity contribution in [2.24, 2.45) is 0 Å². The molecule has 2 rings (SSSR count). The van der Waals surface area contributed by atoms with E-state index in [1.807, 2.05) is 11.8 Å². The lowest BCUT2D eigenvalue weighted by Crippen LogP contribution is -2.39. The molecule has 112 valence electrons. The summed E-state index contributed by atoms with van der Waals surface area (Å²) in [5, 5.41) is 9.64. The number of thioether (sulfide) groups is 1. The molecule has 1 fully saturated rings. The normalized spacial score (nSPS) is 23.7. The Kier molecular flexibility index (Phi) is 5.49. The highest BCUT2D eigenvalue weighted by Crippen LogP contribution is 2.27. The van der Waals surface area contributed by atoms with E-state index in [2.05, 4.69) is 11.0 Å². The van der Waals surface area contributed by atoms with Gasteiger partial charge in [0.05, 0.1) is 11.5 Å². The predicted octanol–water partition coefficient (Wildman–Crippen LogP) is 2.13. The summed E-state index contributed by atoms with van der Waals surface area (Å²) >= 11 is 1.81. The summed E-state index contributed by atoms with van der Waals surface area (Å²) in [7, 11) is -3.49. The smallest absolute Gasteiger partial charge is 0.240 e. The topological polar surface area (TPSA) is 66.4 Å². The van der Waals surface area contributed by atoms with Crippen molar-refractivity contribution in [3.05, 3.63) is 29.8 Å². The van der Waals surface area contributed by atoms with Crippen LogP contribution < -0.4 is 4.72 Å². The van der Waals surface area contributed by atoms with Gasteiger partial charge in [0, 0.05) is 11.3 Å². The average molecular weight is 315 g/mol. The number of sulfonamides is 1. The minimum absolute atomic E-state index is 0.0176. The highest BCUT2D eigenvalue weighted by Gasteiger charge is 2.26. The minimum atomic E-state index is -3.49. The van der Waals surface area contributed by atoms with E-state index in [1.165, 1.54) is 12.5 Å². The summed E-state index contributed by atoms with van der Waals surface area (Å²) in [6.45, 7) is -0.151. The number of aliphatic hydroxyl groups excluding tert-OH is 1. The molecule has 0 saturated heterocycles. The Morgan fingerprint density at radius 2 is 2.20 bits per heavy atom. The van der Waals surface area contributed by atoms with Crippen molar-refractivity contribution < 1.29 is 13.5 Å². The van der Waals surface area contributed by atoms with Crippen LogP contribution >= 0.6 is 11.8 Å². The standard InChI is InChI=1S/C14H21NO3S2/c1-19-13-6-3-5-12(9-13)15-20(17,18)14-7-2-4-11(8-14)10-16/h2,4,7-8,12-13,15-16H,3,5-6,9-10H2,1H3. The van der Waals surface area contributed by atoms with Crippen molar-refractivity contribution in [3.8, 4) is 0 Å². The van der Waals surface area contributed by atoms with E-state index in [0.29, 0.717) is 10.8 Å². The van der Waals surface area contributed by atoms with Gasteiger partial charge in [0.1, 0.15) is 0 Å². The van der Waals surface area contributed by atoms with Crippen molar-refractivity contribution in [2.45, 2.75) is 48.5 Å². The lowest BCUT2D eigenvalue weighted by Gasteiger charge is -2.28. The lowest BCUT2D eigenvalue weighted by atomic mass is 9.96. The molecule has 1 saturated carbocycles. The third kappa shape index (κ3) is 3.97. The first-order valence-corrected chi connectivity index (χ1v) is 9.57. The van der Waals surface area contributed by atoms with E-state index in [1.54, 1.807) is 18.2 Å². The van der Waals surface area contributed by atoms with Gasteiger partial charge in [0.2, 0.25) is 10.0 Å². The van der Waals surface area contributed by atoms with Gasteiger partial charge in [-0.15, -0.1) is 0 Å². The van der Waals surface area contributed by atoms with Crippen LogP contribution in [0.4, 0.5) is 0 Å². The number of rotatable bonds is 5. The molecule has 20 heavy (non-hydrogen) atoms. The molecule has 1 aromatic carbocycles. The van der Waals surface area contributed by atoms with E-state index in [0.717, 1.165) is 19.3 Å². The van der Waals surface area contributed by atoms with Crippen molar-refractivity contribution in [2.75, 3.05) is 6.26 Å². The number of nitrogens with one attached hydrogen (secondary N) is 1. The number of aliphatic hydroxyl groups is 1. The van der Waals surface area contributed by atoms with Gasteiger partial charge in [-0.25, -0.2) is 13.1 Å². The molecule has 0 bridgehead atoms. The molecule has 0 spiro atoms. The van der Waals surface area contributed by atoms with Gasteiger partial charge < -0.3 is 5.11 Å². The van der Waals surface area contributed by atoms with Gasteiger partial charge in [0.15, 0.2) is 0 Å². The molecule has 0 amide bonds. The van der Waals surface area contributed by atoms with Crippen molar-refractivity contribution >= 4 is 21.8 Å². The second kappa shape index (κ2) is 6.93. The summed E-state index contributed by atoms with van der Waals surface area (Å²) in [6, 6.07) is 6.48. The SMILES string of the molecule is CSC1CCCC(NS(=O)(=O)c2cccc(CO)c2)C1. The quantitative estimate of drug-likeness (QED) is 0.873. The van der Waals surface area contributed by atoms with Crippen LogP contribution in [0.5, 0.6) is 0 Å². The van der Waals surface area contributed by atoms with Crippen LogP contribution in [0.3, 0.4) is 0 Å². The van der Waals surface area contributed by atoms with Crippen LogP contribution in [-0.2, 0) is 16.6 Å². The highest BCUT2D eigenvalue weighted by molar-refractivity contribution is 7.99. The molecular formula is C14H21NO3S2. The first-order chi connectivity index (χ1) is 9.55. The molecule has 2 N–H and O–H groups in total. The molecule has 1 aromatic rings. The third-order valence-corrected chi connectivity index (χ3v) is 6.29. The largest absolute Gasteiger partial charge is 0.392 e. The first kappa shape index (κ1) is 15.8. The molecule has 6 heteroatoms. The van der Waals surface area contributed by atoms with Gasteiger partial charge in [-0.1, -0.05) is 18.6 Å². The number of hydrogen-bond acceptors (Lipinski definition) is 4. The molecule has 0 aliphatic heterocycles. The van der Waals surface area contributed by atoms with Gasteiger partial charge in [-0.3, -0.25) is 0 Å². The van der Waals surface area contributed by atoms with E-state index >= 15 is 0 Å². The molecule has 0 aromatic heterocycles. The van der Waals surface area contributed by atoms with Crippen molar-refractivity contribution in [3.63, 3.8) is 0 Å². The maximum absolute atomic E-state index is 12.4. The fourth-order valence-electron chi connectivity index (χ4n) is 2.56. The minimum Gasteiger partial charge on any atom is -0.392 e. The number of hydrogen-bond donors (Lipinski definition) is 2. The molecular weight excluding hydrogens is 294 g/mol. The molecule has 2 unspecified atom stereocenters. The molecule has 0 radical (unpaired) electrons. The third-order valence-electron chi connectivity index (χ3n) is 3.67. The monoisotopic (exact) mass is 315 g/mol. The Labute approximate surface area is 125 Å². The molecule has 4 nitrogen and oxygen atoms in total. The lowest BCUT2D eigenvalue weighted by molar-refractivity contribution is 0.281. The highest BCUT2D eigenvalue weighted by atomic mass is 32.2. The zero-order chi connectivity index (χ0) is 14.6. The van der Waals surface area contributed by atoms with Gasteiger partial charge in [-0.2, -0.15) is 11.8 Å². The maximum Gasteiger partial charge on any atom is 0.240 e. The zero-order valence-corrected chi connectivity index (χ0v) is 13.2. The van der Waals surface area contributed by atoms with Gasteiger partial charge in [-0.05, 0) is 43.2 Å². The van der Waals surface area contributed by atoms with Crippen LogP contribution in [0.2, 0.25) is 0 Å². The summed E-state index contributed by atoms with van der Waals surface area (Å²) in [4.78, 5) is 0.232. The molecule has 1 aliphatic carbocycles. The maximum atomic E-state index is 12.4. The van der Waals surface area contributed by atoms with Crippen LogP contribution in [0.15, 0.2) is 29.2 Å². The fraction of sp³-hybridized carbons (Fsp3) is 0.571. The van der Waals surface area contributed by atoms with Crippen LogP contribution in [0, 0.1) is 0 Å². The van der Waals surface area contributed by atoms with Crippen molar-refractivity contribution in [1.82, 2.24) is 4.72 Å². The molecule has 2 atom stereocenters. The van der Waals surface area contributed by atoms with Crippen molar-refractivity contribution in [1.29, 1.82) is 0 Å². The zero-order valence-electron chi connectivity index (χ0n) is 11.6. The van der Waals surface area contributed by atoms with E-state index < -0.39 is 10.0 Å². The van der Waals surface area contributed by atoms with Gasteiger partial charge in [0.25, 0.3) is 0 Å². The molecule has 0 heterocycles. The second-order valence-electron chi connectivity index (χ2n) is 5.15.